The van der Waals surface area contributed by atoms with Crippen LogP contribution in [0.2, 0.25) is 0 Å². The van der Waals surface area contributed by atoms with Crippen molar-refractivity contribution in [2.75, 3.05) is 5.32 Å². The number of hydrogen-bond donors (Lipinski definition) is 1. The van der Waals surface area contributed by atoms with Crippen molar-refractivity contribution in [2.24, 2.45) is 0 Å². The smallest absolute Gasteiger partial charge is 0.349 e. The topological polar surface area (TPSA) is 102 Å². The first kappa shape index (κ1) is 15.9. The molecule has 0 saturated carbocycles. The van der Waals surface area contributed by atoms with Gasteiger partial charge in [-0.1, -0.05) is 28.1 Å². The highest BCUT2D eigenvalue weighted by Gasteiger charge is 2.19. The molecule has 0 unspecified atom stereocenters. The fraction of sp³-hybridized carbons (Fsp3) is 0. The number of nitro benzene ring substituents is 1. The van der Waals surface area contributed by atoms with Gasteiger partial charge >= 0.3 is 5.63 Å². The van der Waals surface area contributed by atoms with E-state index in [4.69, 9.17) is 4.42 Å². The van der Waals surface area contributed by atoms with Gasteiger partial charge in [-0.3, -0.25) is 14.9 Å². The van der Waals surface area contributed by atoms with E-state index in [0.29, 0.717) is 11.0 Å². The van der Waals surface area contributed by atoms with E-state index in [1.54, 1.807) is 24.3 Å². The first-order valence-electron chi connectivity index (χ1n) is 6.74. The minimum atomic E-state index is -0.819. The number of nitro groups is 1. The maximum absolute atomic E-state index is 12.3. The van der Waals surface area contributed by atoms with Crippen LogP contribution in [0.4, 0.5) is 11.4 Å². The van der Waals surface area contributed by atoms with Crippen LogP contribution in [0.3, 0.4) is 0 Å². The Balaban J connectivity index is 2.02. The molecule has 1 aromatic heterocycles. The second kappa shape index (κ2) is 6.25. The molecular formula is C16H9BrN2O5. The first-order valence-corrected chi connectivity index (χ1v) is 7.53. The molecule has 24 heavy (non-hydrogen) atoms. The number of rotatable bonds is 3. The quantitative estimate of drug-likeness (QED) is 0.418. The molecule has 120 valence electrons. The highest BCUT2D eigenvalue weighted by molar-refractivity contribution is 9.10. The van der Waals surface area contributed by atoms with Crippen LogP contribution in [0.1, 0.15) is 10.4 Å². The van der Waals surface area contributed by atoms with Crippen molar-refractivity contribution in [2.45, 2.75) is 0 Å². The predicted octanol–water partition coefficient (Wildman–Crippen LogP) is 3.72. The summed E-state index contributed by atoms with van der Waals surface area (Å²) in [6.07, 6.45) is 0. The summed E-state index contributed by atoms with van der Waals surface area (Å²) >= 11 is 3.30. The van der Waals surface area contributed by atoms with Crippen molar-refractivity contribution in [3.05, 3.63) is 79.1 Å². The van der Waals surface area contributed by atoms with Crippen molar-refractivity contribution < 1.29 is 14.1 Å². The van der Waals surface area contributed by atoms with Gasteiger partial charge in [-0.05, 0) is 30.3 Å². The number of nitrogens with one attached hydrogen (secondary N) is 1. The standard InChI is InChI=1S/C16H9BrN2O5/c17-10-5-6-14-9(7-10)8-11(16(21)24-14)15(20)18-12-3-1-2-4-13(12)19(22)23/h1-8H,(H,18,20). The van der Waals surface area contributed by atoms with Crippen LogP contribution in [-0.2, 0) is 0 Å². The molecule has 0 spiro atoms. The van der Waals surface area contributed by atoms with Crippen molar-refractivity contribution in [3.63, 3.8) is 0 Å². The Morgan fingerprint density at radius 3 is 2.67 bits per heavy atom. The average molecular weight is 389 g/mol. The van der Waals surface area contributed by atoms with E-state index in [9.17, 15) is 19.7 Å². The zero-order valence-corrected chi connectivity index (χ0v) is 13.6. The van der Waals surface area contributed by atoms with E-state index in [0.717, 1.165) is 4.47 Å². The van der Waals surface area contributed by atoms with Crippen LogP contribution in [-0.4, -0.2) is 10.8 Å². The number of benzene rings is 2. The summed E-state index contributed by atoms with van der Waals surface area (Å²) in [6, 6.07) is 12.1. The van der Waals surface area contributed by atoms with Gasteiger partial charge < -0.3 is 9.73 Å². The van der Waals surface area contributed by atoms with E-state index in [-0.39, 0.29) is 16.9 Å². The normalized spacial score (nSPS) is 10.5. The first-order chi connectivity index (χ1) is 11.5. The summed E-state index contributed by atoms with van der Waals surface area (Å²) in [4.78, 5) is 34.7. The molecule has 0 aliphatic carbocycles. The molecule has 3 rings (SSSR count). The van der Waals surface area contributed by atoms with Gasteiger partial charge in [-0.15, -0.1) is 0 Å². The summed E-state index contributed by atoms with van der Waals surface area (Å²) in [5.74, 6) is -0.778. The molecule has 1 amide bonds. The summed E-state index contributed by atoms with van der Waals surface area (Å²) in [6.45, 7) is 0. The number of carbonyl (C=O) groups excluding carboxylic acids is 1. The predicted molar refractivity (Wildman–Crippen MR) is 91.2 cm³/mol. The Morgan fingerprint density at radius 1 is 1.17 bits per heavy atom. The van der Waals surface area contributed by atoms with Crippen LogP contribution in [0.15, 0.2) is 62.2 Å². The molecule has 0 fully saturated rings. The maximum Gasteiger partial charge on any atom is 0.349 e. The van der Waals surface area contributed by atoms with Crippen molar-refractivity contribution in [1.82, 2.24) is 0 Å². The lowest BCUT2D eigenvalue weighted by Gasteiger charge is -2.06. The highest BCUT2D eigenvalue weighted by atomic mass is 79.9. The molecule has 0 saturated heterocycles. The van der Waals surface area contributed by atoms with Crippen LogP contribution in [0.25, 0.3) is 11.0 Å². The Morgan fingerprint density at radius 2 is 1.92 bits per heavy atom. The number of nitrogens with zero attached hydrogens (tertiary/aromatic N) is 1. The molecule has 8 heteroatoms. The van der Waals surface area contributed by atoms with E-state index in [2.05, 4.69) is 21.2 Å². The number of anilines is 1. The van der Waals surface area contributed by atoms with Crippen molar-refractivity contribution in [1.29, 1.82) is 0 Å². The lowest BCUT2D eigenvalue weighted by atomic mass is 10.1. The maximum atomic E-state index is 12.3. The van der Waals surface area contributed by atoms with Gasteiger partial charge in [0.1, 0.15) is 16.8 Å². The number of para-hydroxylation sites is 2. The number of fused-ring (bicyclic) bond motifs is 1. The lowest BCUT2D eigenvalue weighted by molar-refractivity contribution is -0.383. The van der Waals surface area contributed by atoms with Crippen LogP contribution >= 0.6 is 15.9 Å². The molecule has 0 bridgehead atoms. The summed E-state index contributed by atoms with van der Waals surface area (Å²) in [7, 11) is 0. The Kier molecular flexibility index (Phi) is 4.13. The Bertz CT molecular complexity index is 1030. The second-order valence-electron chi connectivity index (χ2n) is 4.86. The van der Waals surface area contributed by atoms with E-state index in [1.807, 2.05) is 0 Å². The fourth-order valence-corrected chi connectivity index (χ4v) is 2.56. The van der Waals surface area contributed by atoms with Crippen molar-refractivity contribution in [3.8, 4) is 0 Å². The van der Waals surface area contributed by atoms with E-state index < -0.39 is 16.5 Å². The lowest BCUT2D eigenvalue weighted by Crippen LogP contribution is -2.21. The van der Waals surface area contributed by atoms with Gasteiger partial charge in [0, 0.05) is 15.9 Å². The summed E-state index contributed by atoms with van der Waals surface area (Å²) in [5, 5.41) is 13.9. The van der Waals surface area contributed by atoms with E-state index >= 15 is 0 Å². The van der Waals surface area contributed by atoms with Gasteiger partial charge in [0.25, 0.3) is 11.6 Å². The number of hydrogen-bond acceptors (Lipinski definition) is 5. The Hall–Kier alpha value is -3.00. The average Bonchev–Trinajstić information content (AvgIpc) is 2.54. The number of amides is 1. The minimum absolute atomic E-state index is 0.00115. The van der Waals surface area contributed by atoms with Gasteiger partial charge in [-0.2, -0.15) is 0 Å². The largest absolute Gasteiger partial charge is 0.422 e. The number of carbonyl (C=O) groups is 1. The molecule has 0 atom stereocenters. The summed E-state index contributed by atoms with van der Waals surface area (Å²) < 4.78 is 5.87. The van der Waals surface area contributed by atoms with Gasteiger partial charge in [-0.25, -0.2) is 4.79 Å². The van der Waals surface area contributed by atoms with Crippen molar-refractivity contribution >= 4 is 44.2 Å². The van der Waals surface area contributed by atoms with Crippen LogP contribution in [0.5, 0.6) is 0 Å². The summed E-state index contributed by atoms with van der Waals surface area (Å²) in [5.41, 5.74) is -0.981. The van der Waals surface area contributed by atoms with Crippen LogP contribution < -0.4 is 10.9 Å². The molecule has 0 aliphatic rings. The monoisotopic (exact) mass is 388 g/mol. The molecule has 0 radical (unpaired) electrons. The highest BCUT2D eigenvalue weighted by Crippen LogP contribution is 2.24. The molecular weight excluding hydrogens is 380 g/mol. The van der Waals surface area contributed by atoms with Gasteiger partial charge in [0.15, 0.2) is 0 Å². The molecule has 0 aliphatic heterocycles. The SMILES string of the molecule is O=C(Nc1ccccc1[N+](=O)[O-])c1cc2cc(Br)ccc2oc1=O. The third-order valence-electron chi connectivity index (χ3n) is 3.29. The van der Waals surface area contributed by atoms with Crippen LogP contribution in [0, 0.1) is 10.1 Å². The Labute approximate surface area is 143 Å². The van der Waals surface area contributed by atoms with E-state index in [1.165, 1.54) is 24.3 Å². The second-order valence-corrected chi connectivity index (χ2v) is 5.77. The molecule has 7 nitrogen and oxygen atoms in total. The molecule has 3 aromatic rings. The van der Waals surface area contributed by atoms with Gasteiger partial charge in [0.05, 0.1) is 4.92 Å². The fourth-order valence-electron chi connectivity index (χ4n) is 2.18. The van der Waals surface area contributed by atoms with Gasteiger partial charge in [0.2, 0.25) is 0 Å². The third kappa shape index (κ3) is 3.04. The molecule has 1 heterocycles. The zero-order valence-electron chi connectivity index (χ0n) is 12.0. The third-order valence-corrected chi connectivity index (χ3v) is 3.78. The minimum Gasteiger partial charge on any atom is -0.422 e. The molecule has 2 aromatic carbocycles. The number of halogens is 1. The molecule has 1 N–H and O–H groups in total. The zero-order chi connectivity index (χ0) is 17.3.